The Balaban J connectivity index is 1.25. The monoisotopic (exact) mass is 854 g/mol. The zero-order chi connectivity index (χ0) is 44.0. The van der Waals surface area contributed by atoms with E-state index in [1.165, 1.54) is 18.2 Å². The molecule has 0 aliphatic carbocycles. The van der Waals surface area contributed by atoms with Crippen LogP contribution in [0.3, 0.4) is 0 Å². The summed E-state index contributed by atoms with van der Waals surface area (Å²) in [5, 5.41) is 47.8. The fourth-order valence-electron chi connectivity index (χ4n) is 5.22. The Kier molecular flexibility index (Phi) is 21.5. The van der Waals surface area contributed by atoms with Crippen molar-refractivity contribution in [1.29, 1.82) is 0 Å². The average Bonchev–Trinajstić information content (AvgIpc) is 3.53. The van der Waals surface area contributed by atoms with Gasteiger partial charge in [-0.05, 0) is 17.7 Å². The summed E-state index contributed by atoms with van der Waals surface area (Å²) in [5.74, 6) is -4.69. The Hall–Kier alpha value is -5.07. The van der Waals surface area contributed by atoms with Crippen LogP contribution in [-0.2, 0) is 68.6 Å². The number of aliphatic carboxylic acids is 1. The number of nitrogens with zero attached hydrogens (tertiary/aromatic N) is 1. The molecule has 2 aliphatic rings. The fourth-order valence-corrected chi connectivity index (χ4v) is 5.22. The Morgan fingerprint density at radius 2 is 1.32 bits per heavy atom. The van der Waals surface area contributed by atoms with Gasteiger partial charge in [0.15, 0.2) is 6.10 Å². The average molecular weight is 855 g/mol. The summed E-state index contributed by atoms with van der Waals surface area (Å²) in [4.78, 5) is 84.5. The molecule has 0 aromatic heterocycles. The van der Waals surface area contributed by atoms with Gasteiger partial charge in [-0.15, -0.1) is 0 Å². The molecule has 0 radical (unpaired) electrons. The number of aliphatic hydroxyl groups excluding tert-OH is 3. The van der Waals surface area contributed by atoms with Crippen molar-refractivity contribution in [3.05, 3.63) is 35.9 Å². The normalized spacial score (nSPS) is 20.0. The largest absolute Gasteiger partial charge is 0.479 e. The van der Waals surface area contributed by atoms with Gasteiger partial charge in [0.1, 0.15) is 30.7 Å². The van der Waals surface area contributed by atoms with E-state index in [9.17, 15) is 54.0 Å². The van der Waals surface area contributed by atoms with Gasteiger partial charge in [-0.2, -0.15) is 0 Å². The Morgan fingerprint density at radius 1 is 0.733 bits per heavy atom. The molecule has 3 rings (SSSR count). The number of amides is 5. The molecule has 22 heteroatoms. The van der Waals surface area contributed by atoms with Gasteiger partial charge in [-0.25, -0.2) is 4.79 Å². The number of carbonyl (C=O) groups is 7. The van der Waals surface area contributed by atoms with Gasteiger partial charge in [0.25, 0.3) is 11.8 Å². The smallest absolute Gasteiger partial charge is 0.335 e. The molecule has 60 heavy (non-hydrogen) atoms. The Labute approximate surface area is 345 Å². The van der Waals surface area contributed by atoms with Crippen LogP contribution in [-0.4, -0.2) is 170 Å². The number of imide groups is 1. The van der Waals surface area contributed by atoms with Crippen LogP contribution in [0.2, 0.25) is 0 Å². The maximum absolute atomic E-state index is 12.9. The van der Waals surface area contributed by atoms with Crippen molar-refractivity contribution in [2.45, 2.75) is 70.4 Å². The second kappa shape index (κ2) is 26.2. The van der Waals surface area contributed by atoms with Crippen molar-refractivity contribution < 1.29 is 87.1 Å². The number of aliphatic hydroxyl groups is 3. The predicted molar refractivity (Wildman–Crippen MR) is 204 cm³/mol. The lowest BCUT2D eigenvalue weighted by molar-refractivity contribution is -0.271. The molecule has 2 heterocycles. The molecule has 1 saturated heterocycles. The first-order chi connectivity index (χ1) is 28.7. The van der Waals surface area contributed by atoms with Crippen molar-refractivity contribution >= 4 is 47.2 Å². The molecule has 0 spiro atoms. The van der Waals surface area contributed by atoms with Gasteiger partial charge in [-0.1, -0.05) is 19.9 Å². The molecule has 2 aliphatic heterocycles. The van der Waals surface area contributed by atoms with E-state index in [4.69, 9.17) is 33.2 Å². The molecule has 1 aromatic rings. The summed E-state index contributed by atoms with van der Waals surface area (Å²) in [5.41, 5.74) is 0.455. The molecule has 1 aromatic carbocycles. The van der Waals surface area contributed by atoms with Crippen LogP contribution in [0.5, 0.6) is 5.75 Å². The summed E-state index contributed by atoms with van der Waals surface area (Å²) in [6, 6.07) is 4.25. The first kappa shape index (κ1) is 49.3. The third-order valence-electron chi connectivity index (χ3n) is 8.52. The highest BCUT2D eigenvalue weighted by atomic mass is 16.7. The number of ether oxygens (including phenoxy) is 7. The lowest BCUT2D eigenvalue weighted by Crippen LogP contribution is -2.61. The van der Waals surface area contributed by atoms with Crippen LogP contribution in [0, 0.1) is 5.92 Å². The van der Waals surface area contributed by atoms with Crippen LogP contribution in [0.15, 0.2) is 30.4 Å². The first-order valence-electron chi connectivity index (χ1n) is 19.2. The molecule has 22 nitrogen and oxygen atoms in total. The van der Waals surface area contributed by atoms with Crippen LogP contribution >= 0.6 is 0 Å². The van der Waals surface area contributed by atoms with Crippen molar-refractivity contribution in [3.8, 4) is 5.75 Å². The van der Waals surface area contributed by atoms with Crippen molar-refractivity contribution in [2.24, 2.45) is 5.92 Å². The number of rotatable bonds is 28. The van der Waals surface area contributed by atoms with E-state index in [2.05, 4.69) is 16.0 Å². The van der Waals surface area contributed by atoms with Gasteiger partial charge >= 0.3 is 11.9 Å². The van der Waals surface area contributed by atoms with E-state index in [1.54, 1.807) is 13.8 Å². The van der Waals surface area contributed by atoms with E-state index in [1.807, 2.05) is 0 Å². The number of carboxylic acids is 1. The molecule has 5 atom stereocenters. The van der Waals surface area contributed by atoms with Gasteiger partial charge in [0, 0.05) is 51.0 Å². The summed E-state index contributed by atoms with van der Waals surface area (Å²) in [7, 11) is 0. The highest BCUT2D eigenvalue weighted by Crippen LogP contribution is 2.31. The van der Waals surface area contributed by atoms with Crippen LogP contribution in [0.25, 0.3) is 0 Å². The lowest BCUT2D eigenvalue weighted by atomic mass is 9.99. The number of esters is 1. The molecule has 5 amide bonds. The molecular formula is C38H54N4O18. The van der Waals surface area contributed by atoms with Crippen LogP contribution in [0.4, 0.5) is 5.69 Å². The van der Waals surface area contributed by atoms with E-state index >= 15 is 0 Å². The van der Waals surface area contributed by atoms with Gasteiger partial charge in [0.05, 0.1) is 64.5 Å². The highest BCUT2D eigenvalue weighted by Gasteiger charge is 2.48. The van der Waals surface area contributed by atoms with Gasteiger partial charge in [0.2, 0.25) is 24.0 Å². The first-order valence-corrected chi connectivity index (χ1v) is 19.2. The number of carbonyl (C=O) groups excluding carboxylic acids is 6. The zero-order valence-electron chi connectivity index (χ0n) is 33.4. The van der Waals surface area contributed by atoms with Crippen molar-refractivity contribution in [2.75, 3.05) is 77.8 Å². The summed E-state index contributed by atoms with van der Waals surface area (Å²) in [6.45, 7) is 5.48. The fraction of sp³-hybridized carbons (Fsp3) is 0.605. The van der Waals surface area contributed by atoms with Gasteiger partial charge < -0.3 is 69.5 Å². The number of hydrogen-bond acceptors (Lipinski definition) is 17. The molecule has 0 saturated carbocycles. The highest BCUT2D eigenvalue weighted by molar-refractivity contribution is 6.13. The third-order valence-corrected chi connectivity index (χ3v) is 8.52. The minimum atomic E-state index is -1.94. The third kappa shape index (κ3) is 17.3. The van der Waals surface area contributed by atoms with Crippen molar-refractivity contribution in [3.63, 3.8) is 0 Å². The second-order valence-electron chi connectivity index (χ2n) is 13.6. The summed E-state index contributed by atoms with van der Waals surface area (Å²) in [6.07, 6.45) is -7.24. The molecule has 0 unspecified atom stereocenters. The second-order valence-corrected chi connectivity index (χ2v) is 13.6. The Bertz CT molecular complexity index is 1620. The van der Waals surface area contributed by atoms with E-state index < -0.39 is 66.3 Å². The molecular weight excluding hydrogens is 800 g/mol. The van der Waals surface area contributed by atoms with Crippen LogP contribution < -0.4 is 20.7 Å². The number of anilines is 1. The number of carboxylic acid groups (broad SMARTS) is 1. The number of hydrogen-bond donors (Lipinski definition) is 7. The maximum Gasteiger partial charge on any atom is 0.335 e. The van der Waals surface area contributed by atoms with E-state index in [0.717, 1.165) is 17.1 Å². The maximum atomic E-state index is 12.9. The summed E-state index contributed by atoms with van der Waals surface area (Å²) < 4.78 is 37.7. The van der Waals surface area contributed by atoms with E-state index in [0.29, 0.717) is 32.0 Å². The molecule has 0 bridgehead atoms. The summed E-state index contributed by atoms with van der Waals surface area (Å²) >= 11 is 0. The van der Waals surface area contributed by atoms with Crippen LogP contribution in [0.1, 0.15) is 38.7 Å². The standard InChI is InChI=1S/C38H54N4O18/c1-23(2)37(53)58-22-24-3-4-26(59-38-34(50)32(48)33(49)35(60-38)36(51)52)25(21-24)41-29(45)7-10-39-28(44)9-13-54-15-17-56-19-20-57-18-16-55-14-11-40-27(43)8-12-42-30(46)5-6-31(42)47/h3-6,21,23,32-35,38,48-50H,7-20,22H2,1-2H3,(H,39,44)(H,40,43)(H,41,45)(H,51,52)/t32-,33-,34+,35-,38+/m0/s1. The van der Waals surface area contributed by atoms with Gasteiger partial charge in [-0.3, -0.25) is 33.7 Å². The Morgan fingerprint density at radius 3 is 1.93 bits per heavy atom. The zero-order valence-corrected chi connectivity index (χ0v) is 33.4. The SMILES string of the molecule is CC(C)C(=O)OCc1ccc(O[C@@H]2O[C@H](C(=O)O)[C@@H](O)[C@H](O)[C@H]2O)c(NC(=O)CCNC(=O)CCOCCOCCOCCOCCNC(=O)CCN2C(=O)C=CC2=O)c1. The lowest BCUT2D eigenvalue weighted by Gasteiger charge is -2.38. The molecule has 7 N–H and O–H groups in total. The topological polar surface area (TPSA) is 304 Å². The molecule has 1 fully saturated rings. The number of nitrogens with one attached hydrogen (secondary N) is 3. The quantitative estimate of drug-likeness (QED) is 0.0272. The van der Waals surface area contributed by atoms with E-state index in [-0.39, 0.29) is 95.2 Å². The number of benzene rings is 1. The minimum Gasteiger partial charge on any atom is -0.479 e. The molecule has 334 valence electrons. The predicted octanol–water partition coefficient (Wildman–Crippen LogP) is -2.01. The minimum absolute atomic E-state index is 0.00269. The van der Waals surface area contributed by atoms with Crippen molar-refractivity contribution in [1.82, 2.24) is 15.5 Å².